The average Bonchev–Trinajstić information content (AvgIpc) is 2.54. The molecule has 3 rings (SSSR count). The van der Waals surface area contributed by atoms with Crippen molar-refractivity contribution < 1.29 is 8.42 Å². The molecule has 0 aliphatic rings. The Morgan fingerprint density at radius 1 is 1.04 bits per heavy atom. The Balaban J connectivity index is 2.01. The third-order valence-electron chi connectivity index (χ3n) is 3.22. The lowest BCUT2D eigenvalue weighted by Crippen LogP contribution is -2.22. The molecule has 8 heteroatoms. The van der Waals surface area contributed by atoms with Crippen LogP contribution in [0.5, 0.6) is 0 Å². The molecule has 0 spiro atoms. The fraction of sp³-hybridized carbons (Fsp3) is 0.133. The van der Waals surface area contributed by atoms with E-state index in [0.29, 0.717) is 11.6 Å². The van der Waals surface area contributed by atoms with E-state index in [4.69, 9.17) is 5.14 Å². The molecule has 0 saturated carbocycles. The van der Waals surface area contributed by atoms with E-state index in [2.05, 4.69) is 20.3 Å². The maximum atomic E-state index is 11.1. The summed E-state index contributed by atoms with van der Waals surface area (Å²) in [4.78, 5) is 13.0. The summed E-state index contributed by atoms with van der Waals surface area (Å²) in [7, 11) is -3.52. The van der Waals surface area contributed by atoms with Crippen LogP contribution in [0, 0.1) is 0 Å². The van der Waals surface area contributed by atoms with Gasteiger partial charge in [-0.15, -0.1) is 0 Å². The molecule has 1 aromatic carbocycles. The zero-order valence-corrected chi connectivity index (χ0v) is 13.0. The molecule has 0 unspecified atom stereocenters. The number of nitrogens with one attached hydrogen (secondary N) is 1. The van der Waals surface area contributed by atoms with E-state index in [0.717, 1.165) is 16.5 Å². The van der Waals surface area contributed by atoms with Crippen LogP contribution in [0.1, 0.15) is 0 Å². The number of primary sulfonamides is 1. The minimum atomic E-state index is -3.52. The number of hydrogen-bond donors (Lipinski definition) is 2. The fourth-order valence-electron chi connectivity index (χ4n) is 2.15. The lowest BCUT2D eigenvalue weighted by molar-refractivity contribution is 0.598. The van der Waals surface area contributed by atoms with Crippen LogP contribution >= 0.6 is 0 Å². The molecular formula is C15H15N5O2S. The number of rotatable bonds is 5. The number of hydrogen-bond acceptors (Lipinski definition) is 6. The number of pyridine rings is 1. The zero-order valence-electron chi connectivity index (χ0n) is 12.2. The van der Waals surface area contributed by atoms with Crippen molar-refractivity contribution in [1.82, 2.24) is 15.0 Å². The number of sulfonamides is 1. The molecule has 0 amide bonds. The first-order valence-electron chi connectivity index (χ1n) is 6.94. The number of nitrogens with two attached hydrogens (primary N) is 1. The third kappa shape index (κ3) is 3.79. The summed E-state index contributed by atoms with van der Waals surface area (Å²) < 4.78 is 22.1. The summed E-state index contributed by atoms with van der Waals surface area (Å²) in [5.74, 6) is 0.950. The smallest absolute Gasteiger partial charge is 0.210 e. The van der Waals surface area contributed by atoms with Gasteiger partial charge >= 0.3 is 0 Å². The maximum absolute atomic E-state index is 11.1. The van der Waals surface area contributed by atoms with E-state index < -0.39 is 10.0 Å². The van der Waals surface area contributed by atoms with Crippen molar-refractivity contribution in [3.63, 3.8) is 0 Å². The second-order valence-electron chi connectivity index (χ2n) is 4.94. The normalized spacial score (nSPS) is 11.5. The molecule has 0 radical (unpaired) electrons. The molecule has 2 aromatic heterocycles. The maximum Gasteiger partial charge on any atom is 0.210 e. The highest BCUT2D eigenvalue weighted by Crippen LogP contribution is 2.24. The summed E-state index contributed by atoms with van der Waals surface area (Å²) in [6, 6.07) is 11.2. The Labute approximate surface area is 133 Å². The molecule has 0 fully saturated rings. The lowest BCUT2D eigenvalue weighted by Gasteiger charge is -2.10. The first-order valence-corrected chi connectivity index (χ1v) is 8.66. The van der Waals surface area contributed by atoms with Crippen LogP contribution in [0.3, 0.4) is 0 Å². The first-order chi connectivity index (χ1) is 11.0. The minimum absolute atomic E-state index is 0.171. The van der Waals surface area contributed by atoms with Gasteiger partial charge in [0, 0.05) is 29.9 Å². The van der Waals surface area contributed by atoms with Crippen LogP contribution < -0.4 is 10.5 Å². The molecule has 118 valence electrons. The van der Waals surface area contributed by atoms with E-state index in [-0.39, 0.29) is 12.3 Å². The predicted octanol–water partition coefficient (Wildman–Crippen LogP) is 1.39. The molecule has 3 aromatic rings. The molecule has 0 bridgehead atoms. The standard InChI is InChI=1S/C15H15N5O2S/c16-23(21,22)10-9-18-15-12-3-1-2-4-13(12)19-14(20-15)11-5-7-17-8-6-11/h1-8H,9-10H2,(H2,16,21,22)(H,18,19,20). The van der Waals surface area contributed by atoms with Gasteiger partial charge in [-0.1, -0.05) is 12.1 Å². The Bertz CT molecular complexity index is 929. The first kappa shape index (κ1) is 15.3. The molecule has 0 saturated heterocycles. The van der Waals surface area contributed by atoms with Crippen LogP contribution in [0.4, 0.5) is 5.82 Å². The van der Waals surface area contributed by atoms with Gasteiger partial charge in [0.1, 0.15) is 5.82 Å². The lowest BCUT2D eigenvalue weighted by atomic mass is 10.2. The largest absolute Gasteiger partial charge is 0.368 e. The van der Waals surface area contributed by atoms with Gasteiger partial charge < -0.3 is 5.32 Å². The second kappa shape index (κ2) is 6.27. The number of benzene rings is 1. The highest BCUT2D eigenvalue weighted by Gasteiger charge is 2.10. The quantitative estimate of drug-likeness (QED) is 0.732. The van der Waals surface area contributed by atoms with Crippen molar-refractivity contribution in [2.75, 3.05) is 17.6 Å². The van der Waals surface area contributed by atoms with Crippen molar-refractivity contribution in [3.05, 3.63) is 48.8 Å². The molecule has 23 heavy (non-hydrogen) atoms. The summed E-state index contributed by atoms with van der Waals surface area (Å²) in [6.07, 6.45) is 3.34. The Morgan fingerprint density at radius 3 is 2.52 bits per heavy atom. The Hall–Kier alpha value is -2.58. The number of para-hydroxylation sites is 1. The van der Waals surface area contributed by atoms with E-state index in [9.17, 15) is 8.42 Å². The Morgan fingerprint density at radius 2 is 1.78 bits per heavy atom. The molecule has 7 nitrogen and oxygen atoms in total. The third-order valence-corrected chi connectivity index (χ3v) is 3.99. The summed E-state index contributed by atoms with van der Waals surface area (Å²) >= 11 is 0. The summed E-state index contributed by atoms with van der Waals surface area (Å²) in [5.41, 5.74) is 1.60. The molecule has 0 atom stereocenters. The van der Waals surface area contributed by atoms with E-state index in [1.165, 1.54) is 0 Å². The van der Waals surface area contributed by atoms with Gasteiger partial charge in [0.05, 0.1) is 11.3 Å². The molecule has 2 heterocycles. The number of nitrogens with zero attached hydrogens (tertiary/aromatic N) is 3. The highest BCUT2D eigenvalue weighted by atomic mass is 32.2. The van der Waals surface area contributed by atoms with Gasteiger partial charge in [-0.05, 0) is 24.3 Å². The fourth-order valence-corrected chi connectivity index (χ4v) is 2.54. The van der Waals surface area contributed by atoms with Crippen LogP contribution in [0.15, 0.2) is 48.8 Å². The van der Waals surface area contributed by atoms with Gasteiger partial charge in [0.2, 0.25) is 10.0 Å². The van der Waals surface area contributed by atoms with Gasteiger partial charge in [-0.2, -0.15) is 0 Å². The van der Waals surface area contributed by atoms with Crippen LogP contribution in [-0.4, -0.2) is 35.7 Å². The minimum Gasteiger partial charge on any atom is -0.368 e. The topological polar surface area (TPSA) is 111 Å². The molecule has 3 N–H and O–H groups in total. The summed E-state index contributed by atoms with van der Waals surface area (Å²) in [5, 5.41) is 8.87. The SMILES string of the molecule is NS(=O)(=O)CCNc1nc(-c2ccncc2)nc2ccccc12. The number of anilines is 1. The number of aromatic nitrogens is 3. The van der Waals surface area contributed by atoms with Crippen molar-refractivity contribution in [2.45, 2.75) is 0 Å². The number of fused-ring (bicyclic) bond motifs is 1. The van der Waals surface area contributed by atoms with Crippen LogP contribution in [-0.2, 0) is 10.0 Å². The van der Waals surface area contributed by atoms with Gasteiger partial charge in [0.15, 0.2) is 5.82 Å². The Kier molecular flexibility index (Phi) is 4.18. The predicted molar refractivity (Wildman–Crippen MR) is 89.2 cm³/mol. The zero-order chi connectivity index (χ0) is 16.3. The second-order valence-corrected chi connectivity index (χ2v) is 6.68. The summed E-state index contributed by atoms with van der Waals surface area (Å²) in [6.45, 7) is 0.176. The molecular weight excluding hydrogens is 314 g/mol. The van der Waals surface area contributed by atoms with Gasteiger partial charge in [0.25, 0.3) is 0 Å². The van der Waals surface area contributed by atoms with Crippen molar-refractivity contribution >= 4 is 26.7 Å². The van der Waals surface area contributed by atoms with Gasteiger partial charge in [-0.25, -0.2) is 23.5 Å². The molecule has 0 aliphatic heterocycles. The van der Waals surface area contributed by atoms with Crippen molar-refractivity contribution in [1.29, 1.82) is 0 Å². The van der Waals surface area contributed by atoms with Crippen molar-refractivity contribution in [3.8, 4) is 11.4 Å². The van der Waals surface area contributed by atoms with Crippen LogP contribution in [0.25, 0.3) is 22.3 Å². The molecule has 0 aliphatic carbocycles. The van der Waals surface area contributed by atoms with Crippen LogP contribution in [0.2, 0.25) is 0 Å². The van der Waals surface area contributed by atoms with Crippen molar-refractivity contribution in [2.24, 2.45) is 5.14 Å². The van der Waals surface area contributed by atoms with Gasteiger partial charge in [-0.3, -0.25) is 4.98 Å². The van der Waals surface area contributed by atoms with E-state index in [1.807, 2.05) is 36.4 Å². The highest BCUT2D eigenvalue weighted by molar-refractivity contribution is 7.89. The van der Waals surface area contributed by atoms with E-state index >= 15 is 0 Å². The van der Waals surface area contributed by atoms with E-state index in [1.54, 1.807) is 12.4 Å². The average molecular weight is 329 g/mol. The monoisotopic (exact) mass is 329 g/mol.